The van der Waals surface area contributed by atoms with Crippen LogP contribution < -0.4 is 5.73 Å². The highest BCUT2D eigenvalue weighted by Gasteiger charge is 2.37. The number of hydrogen-bond donors (Lipinski definition) is 3. The third-order valence-corrected chi connectivity index (χ3v) is 2.80. The van der Waals surface area contributed by atoms with E-state index in [0.29, 0.717) is 13.1 Å². The predicted molar refractivity (Wildman–Crippen MR) is 68.8 cm³/mol. The van der Waals surface area contributed by atoms with Crippen molar-refractivity contribution >= 4 is 24.5 Å². The van der Waals surface area contributed by atoms with Crippen LogP contribution in [-0.4, -0.2) is 51.6 Å². The van der Waals surface area contributed by atoms with Gasteiger partial charge in [0, 0.05) is 18.6 Å². The zero-order valence-corrected chi connectivity index (χ0v) is 11.3. The van der Waals surface area contributed by atoms with Crippen LogP contribution in [0.3, 0.4) is 0 Å². The average molecular weight is 265 g/mol. The van der Waals surface area contributed by atoms with Crippen LogP contribution in [0.15, 0.2) is 0 Å². The third-order valence-electron chi connectivity index (χ3n) is 2.80. The topological polar surface area (TPSA) is 93.7 Å². The molecule has 1 atom stereocenters. The zero-order chi connectivity index (χ0) is 12.5. The summed E-state index contributed by atoms with van der Waals surface area (Å²) in [6.45, 7) is 6.78. The lowest BCUT2D eigenvalue weighted by molar-refractivity contribution is 0.0739. The number of nitrogens with two attached hydrogens (primary N) is 1. The van der Waals surface area contributed by atoms with Gasteiger partial charge < -0.3 is 15.7 Å². The molecule has 1 unspecified atom stereocenters. The molecule has 0 bridgehead atoms. The first kappa shape index (κ1) is 15.8. The lowest BCUT2D eigenvalue weighted by atomic mass is 10.0. The number of carboxylic acid groups (broad SMARTS) is 1. The molecule has 4 N–H and O–H groups in total. The molecule has 1 aliphatic heterocycles. The second-order valence-electron chi connectivity index (χ2n) is 5.10. The molecular formula is C10H21ClN4O2. The van der Waals surface area contributed by atoms with E-state index < -0.39 is 11.6 Å². The molecule has 100 valence electrons. The molecule has 0 radical (unpaired) electrons. The molecule has 0 saturated carbocycles. The molecule has 1 heterocycles. The second-order valence-corrected chi connectivity index (χ2v) is 5.10. The van der Waals surface area contributed by atoms with Gasteiger partial charge in [-0.1, -0.05) is 0 Å². The molecule has 1 saturated heterocycles. The van der Waals surface area contributed by atoms with E-state index in [1.54, 1.807) is 4.90 Å². The van der Waals surface area contributed by atoms with Crippen molar-refractivity contribution < 1.29 is 9.90 Å². The molecule has 17 heavy (non-hydrogen) atoms. The molecular weight excluding hydrogens is 244 g/mol. The number of guanidine groups is 1. The Morgan fingerprint density at radius 2 is 2.06 bits per heavy atom. The molecule has 0 aromatic carbocycles. The van der Waals surface area contributed by atoms with Crippen molar-refractivity contribution in [2.24, 2.45) is 5.73 Å². The van der Waals surface area contributed by atoms with Crippen molar-refractivity contribution in [3.63, 3.8) is 0 Å². The Morgan fingerprint density at radius 1 is 1.53 bits per heavy atom. The van der Waals surface area contributed by atoms with Crippen LogP contribution in [0.4, 0.5) is 4.79 Å². The van der Waals surface area contributed by atoms with Crippen molar-refractivity contribution in [2.75, 3.05) is 13.1 Å². The van der Waals surface area contributed by atoms with Crippen LogP contribution in [0.5, 0.6) is 0 Å². The Labute approximate surface area is 108 Å². The number of amides is 1. The van der Waals surface area contributed by atoms with Crippen LogP contribution in [0.25, 0.3) is 0 Å². The maximum atomic E-state index is 11.2. The average Bonchev–Trinajstić information content (AvgIpc) is 2.49. The van der Waals surface area contributed by atoms with Crippen LogP contribution in [0.1, 0.15) is 27.2 Å². The van der Waals surface area contributed by atoms with Crippen molar-refractivity contribution in [1.29, 1.82) is 5.41 Å². The molecule has 1 fully saturated rings. The van der Waals surface area contributed by atoms with E-state index in [4.69, 9.17) is 11.1 Å². The molecule has 6 nitrogen and oxygen atoms in total. The fourth-order valence-corrected chi connectivity index (χ4v) is 2.16. The fraction of sp³-hybridized carbons (Fsp3) is 0.800. The predicted octanol–water partition coefficient (Wildman–Crippen LogP) is 1.15. The summed E-state index contributed by atoms with van der Waals surface area (Å²) in [5.41, 5.74) is 4.96. The van der Waals surface area contributed by atoms with E-state index >= 15 is 0 Å². The number of hydrogen-bond acceptors (Lipinski definition) is 2. The number of nitrogens with zero attached hydrogens (tertiary/aromatic N) is 2. The number of carbonyl (C=O) groups is 1. The summed E-state index contributed by atoms with van der Waals surface area (Å²) in [6, 6.07) is -0.0820. The summed E-state index contributed by atoms with van der Waals surface area (Å²) < 4.78 is 0. The van der Waals surface area contributed by atoms with E-state index in [1.807, 2.05) is 20.8 Å². The lowest BCUT2D eigenvalue weighted by Crippen LogP contribution is -2.52. The SMILES string of the molecule is CC(C)(C)N(C(=O)O)C1CCN(C(=N)N)C1.Cl. The molecule has 0 spiro atoms. The summed E-state index contributed by atoms with van der Waals surface area (Å²) >= 11 is 0. The fourth-order valence-electron chi connectivity index (χ4n) is 2.16. The summed E-state index contributed by atoms with van der Waals surface area (Å²) in [7, 11) is 0. The monoisotopic (exact) mass is 264 g/mol. The first-order chi connectivity index (χ1) is 7.23. The first-order valence-electron chi connectivity index (χ1n) is 5.34. The van der Waals surface area contributed by atoms with Gasteiger partial charge in [0.1, 0.15) is 0 Å². The highest BCUT2D eigenvalue weighted by atomic mass is 35.5. The van der Waals surface area contributed by atoms with Gasteiger partial charge in [-0.05, 0) is 27.2 Å². The zero-order valence-electron chi connectivity index (χ0n) is 10.4. The molecule has 0 aromatic heterocycles. The summed E-state index contributed by atoms with van der Waals surface area (Å²) in [4.78, 5) is 14.4. The summed E-state index contributed by atoms with van der Waals surface area (Å²) in [5, 5.41) is 16.5. The van der Waals surface area contributed by atoms with Crippen molar-refractivity contribution in [3.8, 4) is 0 Å². The van der Waals surface area contributed by atoms with Gasteiger partial charge in [0.2, 0.25) is 0 Å². The molecule has 1 amide bonds. The van der Waals surface area contributed by atoms with E-state index in [2.05, 4.69) is 0 Å². The van der Waals surface area contributed by atoms with Crippen molar-refractivity contribution in [3.05, 3.63) is 0 Å². The van der Waals surface area contributed by atoms with Gasteiger partial charge in [-0.3, -0.25) is 10.3 Å². The normalized spacial score (nSPS) is 19.7. The molecule has 0 aromatic rings. The van der Waals surface area contributed by atoms with Gasteiger partial charge in [0.25, 0.3) is 0 Å². The highest BCUT2D eigenvalue weighted by Crippen LogP contribution is 2.23. The third kappa shape index (κ3) is 3.66. The quantitative estimate of drug-likeness (QED) is 0.489. The molecule has 0 aliphatic carbocycles. The molecule has 1 aliphatic rings. The number of likely N-dealkylation sites (tertiary alicyclic amines) is 1. The van der Waals surface area contributed by atoms with E-state index in [0.717, 1.165) is 6.42 Å². The van der Waals surface area contributed by atoms with Crippen LogP contribution in [0, 0.1) is 5.41 Å². The Bertz CT molecular complexity index is 303. The van der Waals surface area contributed by atoms with Gasteiger partial charge in [-0.25, -0.2) is 4.79 Å². The minimum absolute atomic E-state index is 0. The maximum Gasteiger partial charge on any atom is 0.408 e. The van der Waals surface area contributed by atoms with Gasteiger partial charge in [-0.2, -0.15) is 0 Å². The van der Waals surface area contributed by atoms with Crippen LogP contribution in [-0.2, 0) is 0 Å². The van der Waals surface area contributed by atoms with E-state index in [9.17, 15) is 9.90 Å². The molecule has 7 heteroatoms. The molecule has 1 rings (SSSR count). The smallest absolute Gasteiger partial charge is 0.408 e. The van der Waals surface area contributed by atoms with Crippen LogP contribution in [0.2, 0.25) is 0 Å². The van der Waals surface area contributed by atoms with Gasteiger partial charge in [0.15, 0.2) is 5.96 Å². The van der Waals surface area contributed by atoms with Crippen molar-refractivity contribution in [2.45, 2.75) is 38.8 Å². The number of rotatable bonds is 1. The minimum atomic E-state index is -0.914. The minimum Gasteiger partial charge on any atom is -0.465 e. The van der Waals surface area contributed by atoms with Gasteiger partial charge >= 0.3 is 6.09 Å². The van der Waals surface area contributed by atoms with Crippen LogP contribution >= 0.6 is 12.4 Å². The second kappa shape index (κ2) is 5.44. The summed E-state index contributed by atoms with van der Waals surface area (Å²) in [5.74, 6) is 0.0155. The number of nitrogens with one attached hydrogen (secondary N) is 1. The Morgan fingerprint density at radius 3 is 2.35 bits per heavy atom. The highest BCUT2D eigenvalue weighted by molar-refractivity contribution is 5.85. The summed E-state index contributed by atoms with van der Waals surface area (Å²) in [6.07, 6.45) is -0.189. The Hall–Kier alpha value is -1.17. The van der Waals surface area contributed by atoms with Crippen molar-refractivity contribution in [1.82, 2.24) is 9.80 Å². The number of halogens is 1. The first-order valence-corrected chi connectivity index (χ1v) is 5.34. The Balaban J connectivity index is 0.00000256. The lowest BCUT2D eigenvalue weighted by Gasteiger charge is -2.37. The van der Waals surface area contributed by atoms with E-state index in [-0.39, 0.29) is 24.4 Å². The van der Waals surface area contributed by atoms with E-state index in [1.165, 1.54) is 4.90 Å². The Kier molecular flexibility index (Phi) is 5.07. The maximum absolute atomic E-state index is 11.2. The van der Waals surface area contributed by atoms with Gasteiger partial charge in [-0.15, -0.1) is 12.4 Å². The standard InChI is InChI=1S/C10H20N4O2.ClH/c1-10(2,3)14(9(15)16)7-4-5-13(6-7)8(11)12;/h7H,4-6H2,1-3H3,(H3,11,12)(H,15,16);1H. The largest absolute Gasteiger partial charge is 0.465 e. The van der Waals surface area contributed by atoms with Gasteiger partial charge in [0.05, 0.1) is 6.04 Å².